The van der Waals surface area contributed by atoms with Gasteiger partial charge in [-0.15, -0.1) is 0 Å². The van der Waals surface area contributed by atoms with Gasteiger partial charge in [-0.05, 0) is 29.8 Å². The minimum absolute atomic E-state index is 0.00240. The maximum absolute atomic E-state index is 13.2. The third-order valence-corrected chi connectivity index (χ3v) is 3.82. The minimum atomic E-state index is -4.59. The van der Waals surface area contributed by atoms with Crippen molar-refractivity contribution >= 4 is 16.9 Å². The molecule has 0 fully saturated rings. The Kier molecular flexibility index (Phi) is 4.92. The summed E-state index contributed by atoms with van der Waals surface area (Å²) in [5, 5.41) is 2.55. The van der Waals surface area contributed by atoms with Crippen molar-refractivity contribution in [3.05, 3.63) is 65.7 Å². The predicted octanol–water partition coefficient (Wildman–Crippen LogP) is 3.55. The number of para-hydroxylation sites is 2. The van der Waals surface area contributed by atoms with Crippen LogP contribution in [0.1, 0.15) is 11.4 Å². The molecule has 3 rings (SSSR count). The molecular formula is C18H15F4N3O. The second-order valence-corrected chi connectivity index (χ2v) is 5.73. The van der Waals surface area contributed by atoms with Crippen LogP contribution in [0.2, 0.25) is 0 Å². The number of rotatable bonds is 5. The first kappa shape index (κ1) is 17.9. The van der Waals surface area contributed by atoms with Gasteiger partial charge in [-0.3, -0.25) is 4.79 Å². The van der Waals surface area contributed by atoms with Crippen LogP contribution in [0.4, 0.5) is 17.6 Å². The molecule has 0 aliphatic rings. The molecule has 136 valence electrons. The van der Waals surface area contributed by atoms with E-state index < -0.39 is 23.7 Å². The zero-order valence-electron chi connectivity index (χ0n) is 13.6. The molecule has 3 aromatic rings. The van der Waals surface area contributed by atoms with E-state index in [0.29, 0.717) is 11.1 Å². The first-order valence-corrected chi connectivity index (χ1v) is 7.88. The van der Waals surface area contributed by atoms with Gasteiger partial charge in [0.25, 0.3) is 0 Å². The highest BCUT2D eigenvalue weighted by Gasteiger charge is 2.37. The number of carbonyl (C=O) groups is 1. The van der Waals surface area contributed by atoms with Crippen molar-refractivity contribution in [3.8, 4) is 0 Å². The monoisotopic (exact) mass is 365 g/mol. The Balaban J connectivity index is 1.69. The Morgan fingerprint density at radius 1 is 1.12 bits per heavy atom. The lowest BCUT2D eigenvalue weighted by molar-refractivity contribution is -0.146. The van der Waals surface area contributed by atoms with Crippen molar-refractivity contribution in [2.75, 3.05) is 6.54 Å². The van der Waals surface area contributed by atoms with Gasteiger partial charge in [0, 0.05) is 13.1 Å². The highest BCUT2D eigenvalue weighted by Crippen LogP contribution is 2.31. The second kappa shape index (κ2) is 7.15. The highest BCUT2D eigenvalue weighted by atomic mass is 19.4. The molecule has 0 bridgehead atoms. The summed E-state index contributed by atoms with van der Waals surface area (Å²) in [7, 11) is 0. The van der Waals surface area contributed by atoms with Gasteiger partial charge < -0.3 is 9.88 Å². The maximum atomic E-state index is 13.2. The van der Waals surface area contributed by atoms with Crippen LogP contribution >= 0.6 is 0 Å². The molecule has 8 heteroatoms. The lowest BCUT2D eigenvalue weighted by atomic mass is 10.1. The van der Waals surface area contributed by atoms with Crippen LogP contribution in [-0.2, 0) is 23.9 Å². The number of aromatic nitrogens is 2. The van der Waals surface area contributed by atoms with E-state index in [9.17, 15) is 22.4 Å². The zero-order valence-corrected chi connectivity index (χ0v) is 13.6. The Bertz CT molecular complexity index is 934. The van der Waals surface area contributed by atoms with E-state index >= 15 is 0 Å². The van der Waals surface area contributed by atoms with Gasteiger partial charge in [-0.2, -0.15) is 13.2 Å². The van der Waals surface area contributed by atoms with Gasteiger partial charge in [0.05, 0.1) is 17.5 Å². The molecule has 2 aromatic carbocycles. The predicted molar refractivity (Wildman–Crippen MR) is 87.8 cm³/mol. The number of hydrogen-bond acceptors (Lipinski definition) is 2. The number of nitrogens with one attached hydrogen (secondary N) is 1. The molecule has 26 heavy (non-hydrogen) atoms. The fraction of sp³-hybridized carbons (Fsp3) is 0.222. The average Bonchev–Trinajstić information content (AvgIpc) is 2.94. The van der Waals surface area contributed by atoms with Crippen molar-refractivity contribution < 1.29 is 22.4 Å². The van der Waals surface area contributed by atoms with Crippen molar-refractivity contribution in [3.63, 3.8) is 0 Å². The number of nitrogens with zero attached hydrogens (tertiary/aromatic N) is 2. The minimum Gasteiger partial charge on any atom is -0.354 e. The smallest absolute Gasteiger partial charge is 0.354 e. The molecule has 0 saturated carbocycles. The molecule has 0 aliphatic heterocycles. The van der Waals surface area contributed by atoms with Crippen LogP contribution in [0.15, 0.2) is 48.5 Å². The number of carbonyl (C=O) groups excluding carboxylic acids is 1. The molecule has 1 N–H and O–H groups in total. The summed E-state index contributed by atoms with van der Waals surface area (Å²) in [6.07, 6.45) is -4.64. The second-order valence-electron chi connectivity index (χ2n) is 5.73. The molecule has 1 heterocycles. The van der Waals surface area contributed by atoms with E-state index in [0.717, 1.165) is 4.57 Å². The van der Waals surface area contributed by atoms with Crippen molar-refractivity contribution in [1.29, 1.82) is 0 Å². The van der Waals surface area contributed by atoms with Gasteiger partial charge >= 0.3 is 6.18 Å². The summed E-state index contributed by atoms with van der Waals surface area (Å²) >= 11 is 0. The molecule has 0 saturated heterocycles. The number of hydrogen-bond donors (Lipinski definition) is 1. The fourth-order valence-corrected chi connectivity index (χ4v) is 2.72. The highest BCUT2D eigenvalue weighted by molar-refractivity contribution is 5.78. The summed E-state index contributed by atoms with van der Waals surface area (Å²) in [5.41, 5.74) is 1.08. The van der Waals surface area contributed by atoms with Crippen LogP contribution < -0.4 is 5.32 Å². The summed E-state index contributed by atoms with van der Waals surface area (Å²) in [6, 6.07) is 11.9. The van der Waals surface area contributed by atoms with E-state index in [1.165, 1.54) is 24.3 Å². The standard InChI is InChI=1S/C18H15F4N3O/c19-13-5-3-4-12(10-13)11-16(26)23-8-9-25-15-7-2-1-6-14(15)24-17(25)18(20,21)22/h1-7,10H,8-9,11H2,(H,23,26). The van der Waals surface area contributed by atoms with E-state index in [2.05, 4.69) is 10.3 Å². The lowest BCUT2D eigenvalue weighted by Crippen LogP contribution is -2.29. The average molecular weight is 365 g/mol. The molecule has 1 amide bonds. The quantitative estimate of drug-likeness (QED) is 0.703. The first-order valence-electron chi connectivity index (χ1n) is 7.88. The van der Waals surface area contributed by atoms with Gasteiger partial charge in [0.15, 0.2) is 0 Å². The van der Waals surface area contributed by atoms with E-state index in [1.807, 2.05) is 0 Å². The van der Waals surface area contributed by atoms with Gasteiger partial charge in [0.2, 0.25) is 11.7 Å². The molecular weight excluding hydrogens is 350 g/mol. The SMILES string of the molecule is O=C(Cc1cccc(F)c1)NCCn1c(C(F)(F)F)nc2ccccc21. The summed E-state index contributed by atoms with van der Waals surface area (Å²) in [6.45, 7) is -0.0815. The Hall–Kier alpha value is -2.90. The largest absolute Gasteiger partial charge is 0.449 e. The third-order valence-electron chi connectivity index (χ3n) is 3.82. The lowest BCUT2D eigenvalue weighted by Gasteiger charge is -2.12. The molecule has 0 aliphatic carbocycles. The first-order chi connectivity index (χ1) is 12.3. The number of alkyl halides is 3. The number of fused-ring (bicyclic) bond motifs is 1. The summed E-state index contributed by atoms with van der Waals surface area (Å²) in [5.74, 6) is -1.85. The number of amides is 1. The summed E-state index contributed by atoms with van der Waals surface area (Å²) in [4.78, 5) is 15.6. The van der Waals surface area contributed by atoms with Crippen LogP contribution in [0.25, 0.3) is 11.0 Å². The molecule has 0 radical (unpaired) electrons. The van der Waals surface area contributed by atoms with E-state index in [-0.39, 0.29) is 25.0 Å². The van der Waals surface area contributed by atoms with Crippen molar-refractivity contribution in [2.24, 2.45) is 0 Å². The maximum Gasteiger partial charge on any atom is 0.449 e. The van der Waals surface area contributed by atoms with Crippen molar-refractivity contribution in [1.82, 2.24) is 14.9 Å². The van der Waals surface area contributed by atoms with Gasteiger partial charge in [-0.1, -0.05) is 24.3 Å². The number of halogens is 4. The van der Waals surface area contributed by atoms with E-state index in [1.54, 1.807) is 24.3 Å². The third kappa shape index (κ3) is 4.01. The normalized spacial score (nSPS) is 11.7. The molecule has 0 unspecified atom stereocenters. The summed E-state index contributed by atoms with van der Waals surface area (Å²) < 4.78 is 53.7. The van der Waals surface area contributed by atoms with E-state index in [4.69, 9.17) is 0 Å². The van der Waals surface area contributed by atoms with Gasteiger partial charge in [0.1, 0.15) is 5.82 Å². The Labute approximate surface area is 146 Å². The van der Waals surface area contributed by atoms with Gasteiger partial charge in [-0.25, -0.2) is 9.37 Å². The van der Waals surface area contributed by atoms with Crippen LogP contribution in [0.5, 0.6) is 0 Å². The fourth-order valence-electron chi connectivity index (χ4n) is 2.72. The Morgan fingerprint density at radius 2 is 1.88 bits per heavy atom. The van der Waals surface area contributed by atoms with Crippen LogP contribution in [0.3, 0.4) is 0 Å². The van der Waals surface area contributed by atoms with Crippen molar-refractivity contribution in [2.45, 2.75) is 19.1 Å². The van der Waals surface area contributed by atoms with Crippen LogP contribution in [0, 0.1) is 5.82 Å². The molecule has 4 nitrogen and oxygen atoms in total. The molecule has 0 atom stereocenters. The topological polar surface area (TPSA) is 46.9 Å². The molecule has 1 aromatic heterocycles. The Morgan fingerprint density at radius 3 is 2.62 bits per heavy atom. The zero-order chi connectivity index (χ0) is 18.7. The number of benzene rings is 2. The number of imidazole rings is 1. The van der Waals surface area contributed by atoms with Crippen LogP contribution in [-0.4, -0.2) is 22.0 Å². The molecule has 0 spiro atoms.